The van der Waals surface area contributed by atoms with E-state index in [1.165, 1.54) is 16.8 Å². The average Bonchev–Trinajstić information content (AvgIpc) is 3.52. The number of ether oxygens (including phenoxy) is 3. The molecule has 0 radical (unpaired) electrons. The van der Waals surface area contributed by atoms with E-state index in [0.29, 0.717) is 5.75 Å². The molecule has 0 saturated carbocycles. The number of fused-ring (bicyclic) bond motifs is 1. The fourth-order valence-electron chi connectivity index (χ4n) is 3.90. The van der Waals surface area contributed by atoms with E-state index < -0.39 is 34.3 Å². The number of sulfonamides is 1. The maximum atomic E-state index is 12.9. The maximum Gasteiger partial charge on any atom is 0.341 e. The van der Waals surface area contributed by atoms with Gasteiger partial charge in [-0.05, 0) is 34.7 Å². The lowest BCUT2D eigenvalue weighted by atomic mass is 10.1. The fourth-order valence-corrected chi connectivity index (χ4v) is 5.29. The number of rotatable bonds is 6. The lowest BCUT2D eigenvalue weighted by Crippen LogP contribution is -2.44. The van der Waals surface area contributed by atoms with Crippen molar-refractivity contribution in [2.24, 2.45) is 0 Å². The van der Waals surface area contributed by atoms with E-state index in [9.17, 15) is 13.7 Å². The third kappa shape index (κ3) is 3.71. The lowest BCUT2D eigenvalue weighted by Gasteiger charge is -2.18. The predicted molar refractivity (Wildman–Crippen MR) is 108 cm³/mol. The highest BCUT2D eigenvalue weighted by Gasteiger charge is 2.51. The van der Waals surface area contributed by atoms with Crippen LogP contribution < -0.4 is 9.46 Å². The highest BCUT2D eigenvalue weighted by molar-refractivity contribution is 7.89. The molecule has 0 unspecified atom stereocenters. The van der Waals surface area contributed by atoms with Crippen LogP contribution in [0.2, 0.25) is 0 Å². The molecule has 0 spiro atoms. The number of nitrogens with zero attached hydrogens (tertiary/aromatic N) is 5. The summed E-state index contributed by atoms with van der Waals surface area (Å²) in [5, 5.41) is 20.9. The van der Waals surface area contributed by atoms with Crippen molar-refractivity contribution in [3.63, 3.8) is 0 Å². The van der Waals surface area contributed by atoms with Crippen molar-refractivity contribution in [2.75, 3.05) is 13.2 Å². The standard InChI is InChI=1S/C20H18N6O5S/c21-10-13-6-4-5-9-17(13)32(27,28)23-15-11-29-19-16(12-30-18(15)19)26-20(22-24-25-26)31-14-7-2-1-3-8-14/h1-9,15-16,18-19,23H,11-12H2/t15-,16-,18+,19+/m0/s1. The lowest BCUT2D eigenvalue weighted by molar-refractivity contribution is 0.0615. The van der Waals surface area contributed by atoms with Gasteiger partial charge in [0.2, 0.25) is 10.0 Å². The van der Waals surface area contributed by atoms with Gasteiger partial charge in [-0.2, -0.15) is 9.94 Å². The van der Waals surface area contributed by atoms with Gasteiger partial charge in [0.05, 0.1) is 29.7 Å². The van der Waals surface area contributed by atoms with Crippen LogP contribution in [0, 0.1) is 11.3 Å². The Morgan fingerprint density at radius 1 is 1.06 bits per heavy atom. The Morgan fingerprint density at radius 3 is 2.62 bits per heavy atom. The molecule has 164 valence electrons. The quantitative estimate of drug-likeness (QED) is 0.578. The Balaban J connectivity index is 1.33. The van der Waals surface area contributed by atoms with E-state index in [4.69, 9.17) is 14.2 Å². The number of nitriles is 1. The van der Waals surface area contributed by atoms with Crippen LogP contribution in [0.4, 0.5) is 0 Å². The summed E-state index contributed by atoms with van der Waals surface area (Å²) in [6.45, 7) is 0.329. The van der Waals surface area contributed by atoms with Crippen molar-refractivity contribution in [1.82, 2.24) is 24.9 Å². The van der Waals surface area contributed by atoms with Gasteiger partial charge in [-0.1, -0.05) is 35.4 Å². The molecule has 4 atom stereocenters. The summed E-state index contributed by atoms with van der Waals surface area (Å²) in [7, 11) is -3.95. The third-order valence-electron chi connectivity index (χ3n) is 5.36. The molecular formula is C20H18N6O5S. The molecule has 2 aliphatic rings. The van der Waals surface area contributed by atoms with Crippen LogP contribution in [0.15, 0.2) is 59.5 Å². The molecule has 3 heterocycles. The molecule has 3 aromatic rings. The molecule has 12 heteroatoms. The first-order chi connectivity index (χ1) is 15.6. The molecule has 2 aliphatic heterocycles. The zero-order valence-electron chi connectivity index (χ0n) is 16.6. The molecule has 2 aromatic carbocycles. The van der Waals surface area contributed by atoms with Gasteiger partial charge in [0.15, 0.2) is 0 Å². The van der Waals surface area contributed by atoms with Gasteiger partial charge in [0.25, 0.3) is 0 Å². The average molecular weight is 454 g/mol. The number of hydrogen-bond donors (Lipinski definition) is 1. The van der Waals surface area contributed by atoms with E-state index in [0.717, 1.165) is 0 Å². The second-order valence-electron chi connectivity index (χ2n) is 7.32. The van der Waals surface area contributed by atoms with Crippen LogP contribution in [0.1, 0.15) is 11.6 Å². The molecule has 0 aliphatic carbocycles. The van der Waals surface area contributed by atoms with Crippen molar-refractivity contribution in [1.29, 1.82) is 5.26 Å². The summed E-state index contributed by atoms with van der Waals surface area (Å²) < 4.78 is 47.4. The molecular weight excluding hydrogens is 436 g/mol. The zero-order chi connectivity index (χ0) is 22.1. The van der Waals surface area contributed by atoms with Crippen molar-refractivity contribution in [2.45, 2.75) is 29.2 Å². The van der Waals surface area contributed by atoms with E-state index in [1.807, 2.05) is 24.3 Å². The van der Waals surface area contributed by atoms with Crippen molar-refractivity contribution < 1.29 is 22.6 Å². The molecule has 32 heavy (non-hydrogen) atoms. The molecule has 0 amide bonds. The summed E-state index contributed by atoms with van der Waals surface area (Å²) in [5.74, 6) is 0.577. The molecule has 0 bridgehead atoms. The first-order valence-electron chi connectivity index (χ1n) is 9.82. The predicted octanol–water partition coefficient (Wildman–Crippen LogP) is 1.02. The number of hydrogen-bond acceptors (Lipinski definition) is 9. The molecule has 11 nitrogen and oxygen atoms in total. The van der Waals surface area contributed by atoms with Gasteiger partial charge in [-0.15, -0.1) is 0 Å². The van der Waals surface area contributed by atoms with Crippen LogP contribution in [0.3, 0.4) is 0 Å². The smallest absolute Gasteiger partial charge is 0.341 e. The summed E-state index contributed by atoms with van der Waals surface area (Å²) in [4.78, 5) is -0.0838. The Kier molecular flexibility index (Phi) is 5.32. The van der Waals surface area contributed by atoms with Gasteiger partial charge in [0, 0.05) is 0 Å². The Bertz CT molecular complexity index is 1260. The molecule has 1 aromatic heterocycles. The summed E-state index contributed by atoms with van der Waals surface area (Å²) in [6, 6.07) is 16.2. The van der Waals surface area contributed by atoms with Crippen LogP contribution in [0.25, 0.3) is 0 Å². The van der Waals surface area contributed by atoms with Crippen LogP contribution >= 0.6 is 0 Å². The number of aromatic nitrogens is 4. The monoisotopic (exact) mass is 454 g/mol. The summed E-state index contributed by atoms with van der Waals surface area (Å²) >= 11 is 0. The van der Waals surface area contributed by atoms with Gasteiger partial charge in [0.1, 0.15) is 30.1 Å². The van der Waals surface area contributed by atoms with E-state index in [2.05, 4.69) is 20.2 Å². The number of nitrogens with one attached hydrogen (secondary N) is 1. The van der Waals surface area contributed by atoms with Crippen molar-refractivity contribution in [3.05, 3.63) is 60.2 Å². The topological polar surface area (TPSA) is 141 Å². The Hall–Kier alpha value is -3.37. The maximum absolute atomic E-state index is 12.9. The molecule has 2 fully saturated rings. The number of tetrazole rings is 1. The van der Waals surface area contributed by atoms with E-state index >= 15 is 0 Å². The van der Waals surface area contributed by atoms with Crippen LogP contribution in [0.5, 0.6) is 11.8 Å². The van der Waals surface area contributed by atoms with Gasteiger partial charge in [-0.3, -0.25) is 0 Å². The highest BCUT2D eigenvalue weighted by atomic mass is 32.2. The molecule has 5 rings (SSSR count). The van der Waals surface area contributed by atoms with Crippen molar-refractivity contribution in [3.8, 4) is 17.8 Å². The van der Waals surface area contributed by atoms with E-state index in [1.54, 1.807) is 24.3 Å². The normalized spacial score (nSPS) is 24.7. The van der Waals surface area contributed by atoms with Crippen LogP contribution in [-0.2, 0) is 19.5 Å². The first kappa shape index (κ1) is 20.5. The van der Waals surface area contributed by atoms with Gasteiger partial charge in [-0.25, -0.2) is 13.1 Å². The molecule has 1 N–H and O–H groups in total. The second-order valence-corrected chi connectivity index (χ2v) is 9.00. The first-order valence-corrected chi connectivity index (χ1v) is 11.3. The van der Waals surface area contributed by atoms with Gasteiger partial charge < -0.3 is 14.2 Å². The SMILES string of the molecule is N#Cc1ccccc1S(=O)(=O)N[C@H]1CO[C@H]2[C@@H]1OC[C@@H]2n1nnnc1Oc1ccccc1. The highest BCUT2D eigenvalue weighted by Crippen LogP contribution is 2.36. The fraction of sp³-hybridized carbons (Fsp3) is 0.300. The second kappa shape index (κ2) is 8.29. The number of para-hydroxylation sites is 1. The van der Waals surface area contributed by atoms with Gasteiger partial charge >= 0.3 is 6.01 Å². The molecule has 2 saturated heterocycles. The summed E-state index contributed by atoms with van der Waals surface area (Å²) in [5.41, 5.74) is 0.0667. The van der Waals surface area contributed by atoms with E-state index in [-0.39, 0.29) is 29.7 Å². The summed E-state index contributed by atoms with van der Waals surface area (Å²) in [6.07, 6.45) is -1.02. The largest absolute Gasteiger partial charge is 0.423 e. The Labute approximate surface area is 183 Å². The van der Waals surface area contributed by atoms with Crippen LogP contribution in [-0.4, -0.2) is 60.1 Å². The zero-order valence-corrected chi connectivity index (χ0v) is 17.4. The Morgan fingerprint density at radius 2 is 1.81 bits per heavy atom. The number of benzene rings is 2. The third-order valence-corrected chi connectivity index (χ3v) is 6.91. The minimum absolute atomic E-state index is 0.0667. The minimum Gasteiger partial charge on any atom is -0.423 e. The minimum atomic E-state index is -3.95. The van der Waals surface area contributed by atoms with Crippen molar-refractivity contribution >= 4 is 10.0 Å².